The number of hydrogen-bond acceptors (Lipinski definition) is 9. The van der Waals surface area contributed by atoms with Gasteiger partial charge in [-0.25, -0.2) is 4.98 Å². The molecule has 3 aromatic carbocycles. The lowest BCUT2D eigenvalue weighted by Gasteiger charge is -2.24. The topological polar surface area (TPSA) is 107 Å². The highest BCUT2D eigenvalue weighted by Crippen LogP contribution is 2.46. The smallest absolute Gasteiger partial charge is 0.301 e. The highest BCUT2D eigenvalue weighted by molar-refractivity contribution is 7.22. The van der Waals surface area contributed by atoms with Gasteiger partial charge >= 0.3 is 5.91 Å². The molecule has 40 heavy (non-hydrogen) atoms. The highest BCUT2D eigenvalue weighted by atomic mass is 32.1. The summed E-state index contributed by atoms with van der Waals surface area (Å²) in [5, 5.41) is 11.8. The van der Waals surface area contributed by atoms with Crippen molar-refractivity contribution in [2.24, 2.45) is 0 Å². The molecule has 1 aromatic heterocycles. The third kappa shape index (κ3) is 4.60. The van der Waals surface area contributed by atoms with Crippen molar-refractivity contribution in [3.8, 4) is 23.0 Å². The Hall–Kier alpha value is -4.57. The van der Waals surface area contributed by atoms with Crippen LogP contribution in [0.25, 0.3) is 16.0 Å². The molecule has 9 nitrogen and oxygen atoms in total. The first-order chi connectivity index (χ1) is 19.3. The Labute approximate surface area is 235 Å². The molecule has 1 saturated heterocycles. The number of fused-ring (bicyclic) bond motifs is 1. The summed E-state index contributed by atoms with van der Waals surface area (Å²) in [7, 11) is 4.64. The molecule has 1 aliphatic heterocycles. The monoisotopic (exact) mass is 560 g/mol. The van der Waals surface area contributed by atoms with E-state index in [0.29, 0.717) is 51.4 Å². The Morgan fingerprint density at radius 3 is 2.38 bits per heavy atom. The van der Waals surface area contributed by atoms with Crippen LogP contribution in [-0.4, -0.2) is 49.7 Å². The average Bonchev–Trinajstić information content (AvgIpc) is 3.50. The van der Waals surface area contributed by atoms with Crippen LogP contribution in [0.15, 0.2) is 60.2 Å². The lowest BCUT2D eigenvalue weighted by Crippen LogP contribution is -2.29. The number of aliphatic hydroxyl groups is 1. The summed E-state index contributed by atoms with van der Waals surface area (Å²) in [6, 6.07) is 14.7. The SMILES string of the molecule is CCOc1ccc([C@@H]2/C(=C(\O)c3ccc(OC)c(C)c3)C(=O)C(=O)N2c2nc3ccc(OC)cc3s2)cc1OC. The van der Waals surface area contributed by atoms with E-state index < -0.39 is 17.7 Å². The van der Waals surface area contributed by atoms with Crippen molar-refractivity contribution < 1.29 is 33.6 Å². The molecule has 10 heteroatoms. The van der Waals surface area contributed by atoms with Gasteiger partial charge in [0.15, 0.2) is 16.6 Å². The van der Waals surface area contributed by atoms with E-state index in [0.717, 1.165) is 10.3 Å². The number of rotatable bonds is 8. The predicted molar refractivity (Wildman–Crippen MR) is 153 cm³/mol. The van der Waals surface area contributed by atoms with Crippen LogP contribution >= 0.6 is 11.3 Å². The summed E-state index contributed by atoms with van der Waals surface area (Å²) in [6.45, 7) is 4.12. The van der Waals surface area contributed by atoms with Crippen molar-refractivity contribution in [3.05, 3.63) is 76.9 Å². The molecular weight excluding hydrogens is 532 g/mol. The molecule has 0 bridgehead atoms. The summed E-state index contributed by atoms with van der Waals surface area (Å²) in [4.78, 5) is 33.2. The number of aliphatic hydroxyl groups excluding tert-OH is 1. The summed E-state index contributed by atoms with van der Waals surface area (Å²) in [5.41, 5.74) is 2.28. The molecule has 1 aliphatic rings. The molecule has 1 atom stereocenters. The summed E-state index contributed by atoms with van der Waals surface area (Å²) in [6.07, 6.45) is 0. The van der Waals surface area contributed by atoms with Gasteiger partial charge in [-0.15, -0.1) is 0 Å². The number of carbonyl (C=O) groups is 2. The van der Waals surface area contributed by atoms with Gasteiger partial charge in [-0.1, -0.05) is 17.4 Å². The zero-order chi connectivity index (χ0) is 28.6. The second-order valence-electron chi connectivity index (χ2n) is 9.03. The van der Waals surface area contributed by atoms with Crippen LogP contribution in [0.5, 0.6) is 23.0 Å². The largest absolute Gasteiger partial charge is 0.507 e. The van der Waals surface area contributed by atoms with Crippen LogP contribution in [0.2, 0.25) is 0 Å². The van der Waals surface area contributed by atoms with E-state index in [2.05, 4.69) is 4.98 Å². The number of thiazole rings is 1. The van der Waals surface area contributed by atoms with E-state index in [1.54, 1.807) is 62.8 Å². The molecule has 1 fully saturated rings. The number of aromatic nitrogens is 1. The van der Waals surface area contributed by atoms with Gasteiger partial charge in [0.25, 0.3) is 5.78 Å². The molecule has 0 radical (unpaired) electrons. The standard InChI is InChI=1S/C30H28N2O7S/c1-6-39-22-12-7-17(14-23(22)38-5)26-25(27(33)18-8-11-21(37-4)16(2)13-18)28(34)29(35)32(26)30-31-20-10-9-19(36-3)15-24(20)40-30/h7-15,26,33H,6H2,1-5H3/b27-25+/t26-/m1/s1. The Balaban J connectivity index is 1.73. The number of nitrogens with zero attached hydrogens (tertiary/aromatic N) is 2. The normalized spacial score (nSPS) is 16.4. The van der Waals surface area contributed by atoms with Crippen LogP contribution in [0.1, 0.15) is 29.7 Å². The van der Waals surface area contributed by atoms with E-state index in [9.17, 15) is 14.7 Å². The number of Topliss-reactive ketones (excluding diaryl/α,β-unsaturated/α-hetero) is 1. The molecule has 5 rings (SSSR count). The number of amides is 1. The van der Waals surface area contributed by atoms with Gasteiger partial charge < -0.3 is 24.1 Å². The second-order valence-corrected chi connectivity index (χ2v) is 10.0. The third-order valence-corrected chi connectivity index (χ3v) is 7.72. The Bertz CT molecular complexity index is 1660. The number of aryl methyl sites for hydroxylation is 1. The lowest BCUT2D eigenvalue weighted by atomic mass is 9.94. The van der Waals surface area contributed by atoms with Gasteiger partial charge in [0, 0.05) is 5.56 Å². The van der Waals surface area contributed by atoms with Gasteiger partial charge in [-0.2, -0.15) is 0 Å². The number of carbonyl (C=O) groups excluding carboxylic acids is 2. The Morgan fingerprint density at radius 1 is 0.950 bits per heavy atom. The average molecular weight is 561 g/mol. The number of ether oxygens (including phenoxy) is 4. The predicted octanol–water partition coefficient (Wildman–Crippen LogP) is 5.66. The highest BCUT2D eigenvalue weighted by Gasteiger charge is 2.48. The molecule has 0 unspecified atom stereocenters. The second kappa shape index (κ2) is 10.9. The molecule has 1 N–H and O–H groups in total. The fourth-order valence-electron chi connectivity index (χ4n) is 4.78. The molecule has 2 heterocycles. The number of methoxy groups -OCH3 is 3. The van der Waals surface area contributed by atoms with Crippen LogP contribution < -0.4 is 23.8 Å². The zero-order valence-corrected chi connectivity index (χ0v) is 23.5. The Morgan fingerprint density at radius 2 is 1.70 bits per heavy atom. The molecular formula is C30H28N2O7S. The summed E-state index contributed by atoms with van der Waals surface area (Å²) < 4.78 is 22.7. The number of hydrogen-bond donors (Lipinski definition) is 1. The van der Waals surface area contributed by atoms with Crippen LogP contribution in [0.3, 0.4) is 0 Å². The summed E-state index contributed by atoms with van der Waals surface area (Å²) in [5.74, 6) is 0.313. The molecule has 0 spiro atoms. The van der Waals surface area contributed by atoms with Crippen LogP contribution in [-0.2, 0) is 9.59 Å². The van der Waals surface area contributed by atoms with Crippen molar-refractivity contribution in [2.75, 3.05) is 32.8 Å². The van der Waals surface area contributed by atoms with Gasteiger partial charge in [-0.05, 0) is 73.5 Å². The van der Waals surface area contributed by atoms with E-state index in [4.69, 9.17) is 18.9 Å². The van der Waals surface area contributed by atoms with Crippen molar-refractivity contribution in [1.29, 1.82) is 0 Å². The minimum Gasteiger partial charge on any atom is -0.507 e. The number of anilines is 1. The van der Waals surface area contributed by atoms with Crippen molar-refractivity contribution in [3.63, 3.8) is 0 Å². The molecule has 0 aliphatic carbocycles. The first-order valence-electron chi connectivity index (χ1n) is 12.5. The molecule has 0 saturated carbocycles. The number of benzene rings is 3. The fraction of sp³-hybridized carbons (Fsp3) is 0.233. The lowest BCUT2D eigenvalue weighted by molar-refractivity contribution is -0.132. The van der Waals surface area contributed by atoms with Crippen molar-refractivity contribution in [2.45, 2.75) is 19.9 Å². The molecule has 1 amide bonds. The quantitative estimate of drug-likeness (QED) is 0.167. The first kappa shape index (κ1) is 27.0. The van der Waals surface area contributed by atoms with Crippen LogP contribution in [0.4, 0.5) is 5.13 Å². The first-order valence-corrected chi connectivity index (χ1v) is 13.3. The van der Waals surface area contributed by atoms with Gasteiger partial charge in [0.05, 0.1) is 49.8 Å². The maximum absolute atomic E-state index is 13.6. The van der Waals surface area contributed by atoms with Gasteiger partial charge in [0.1, 0.15) is 17.3 Å². The minimum atomic E-state index is -0.977. The third-order valence-electron chi connectivity index (χ3n) is 6.71. The zero-order valence-electron chi connectivity index (χ0n) is 22.7. The van der Waals surface area contributed by atoms with Gasteiger partial charge in [-0.3, -0.25) is 14.5 Å². The fourth-order valence-corrected chi connectivity index (χ4v) is 5.80. The maximum atomic E-state index is 13.6. The molecule has 206 valence electrons. The van der Waals surface area contributed by atoms with Crippen molar-refractivity contribution >= 4 is 44.1 Å². The van der Waals surface area contributed by atoms with E-state index in [1.165, 1.54) is 23.3 Å². The van der Waals surface area contributed by atoms with Crippen molar-refractivity contribution in [1.82, 2.24) is 4.98 Å². The minimum absolute atomic E-state index is 0.0578. The van der Waals surface area contributed by atoms with E-state index >= 15 is 0 Å². The van der Waals surface area contributed by atoms with E-state index in [-0.39, 0.29) is 11.3 Å². The molecule has 4 aromatic rings. The van der Waals surface area contributed by atoms with E-state index in [1.807, 2.05) is 19.9 Å². The Kier molecular flexibility index (Phi) is 7.36. The summed E-state index contributed by atoms with van der Waals surface area (Å²) >= 11 is 1.25. The number of ketones is 1. The van der Waals surface area contributed by atoms with Crippen LogP contribution in [0, 0.1) is 6.92 Å². The van der Waals surface area contributed by atoms with Gasteiger partial charge in [0.2, 0.25) is 0 Å². The maximum Gasteiger partial charge on any atom is 0.301 e.